The van der Waals surface area contributed by atoms with Gasteiger partial charge in [-0.25, -0.2) is 13.1 Å². The molecule has 1 rings (SSSR count). The van der Waals surface area contributed by atoms with Crippen LogP contribution in [0.3, 0.4) is 0 Å². The minimum Gasteiger partial charge on any atom is -0.213 e. The molecule has 1 aromatic carbocycles. The molecule has 0 spiro atoms. The highest BCUT2D eigenvalue weighted by atomic mass is 32.2. The summed E-state index contributed by atoms with van der Waals surface area (Å²) in [6.45, 7) is 5.89. The highest BCUT2D eigenvalue weighted by Gasteiger charge is 2.10. The fourth-order valence-corrected chi connectivity index (χ4v) is 2.20. The van der Waals surface area contributed by atoms with E-state index >= 15 is 0 Å². The summed E-state index contributed by atoms with van der Waals surface area (Å²) >= 11 is 0. The molecule has 3 nitrogen and oxygen atoms in total. The number of nitrogens with one attached hydrogen (secondary N) is 1. The molecule has 84 valence electrons. The van der Waals surface area contributed by atoms with Crippen LogP contribution in [-0.4, -0.2) is 14.7 Å². The van der Waals surface area contributed by atoms with E-state index in [2.05, 4.69) is 4.72 Å². The van der Waals surface area contributed by atoms with E-state index in [9.17, 15) is 8.42 Å². The SMILES string of the molecule is Cc1ccc([C@@H](C)NS(C)(=O)=O)cc1C. The topological polar surface area (TPSA) is 46.2 Å². The summed E-state index contributed by atoms with van der Waals surface area (Å²) in [5.74, 6) is 0. The molecule has 0 aliphatic heterocycles. The third-order valence-electron chi connectivity index (χ3n) is 2.42. The fourth-order valence-electron chi connectivity index (χ4n) is 1.42. The Kier molecular flexibility index (Phi) is 3.52. The molecular formula is C11H17NO2S. The highest BCUT2D eigenvalue weighted by molar-refractivity contribution is 7.88. The molecule has 15 heavy (non-hydrogen) atoms. The zero-order valence-electron chi connectivity index (χ0n) is 9.53. The zero-order chi connectivity index (χ0) is 11.6. The van der Waals surface area contributed by atoms with Gasteiger partial charge in [-0.15, -0.1) is 0 Å². The van der Waals surface area contributed by atoms with Crippen LogP contribution in [0.2, 0.25) is 0 Å². The average Bonchev–Trinajstić information content (AvgIpc) is 2.06. The van der Waals surface area contributed by atoms with Gasteiger partial charge in [-0.3, -0.25) is 0 Å². The molecular weight excluding hydrogens is 210 g/mol. The third-order valence-corrected chi connectivity index (χ3v) is 3.20. The lowest BCUT2D eigenvalue weighted by Gasteiger charge is -2.13. The van der Waals surface area contributed by atoms with E-state index in [4.69, 9.17) is 0 Å². The summed E-state index contributed by atoms with van der Waals surface area (Å²) in [6.07, 6.45) is 1.17. The van der Waals surface area contributed by atoms with Gasteiger partial charge in [0.05, 0.1) is 6.26 Å². The van der Waals surface area contributed by atoms with Gasteiger partial charge < -0.3 is 0 Å². The lowest BCUT2D eigenvalue weighted by Crippen LogP contribution is -2.25. The lowest BCUT2D eigenvalue weighted by atomic mass is 10.0. The van der Waals surface area contributed by atoms with Crippen molar-refractivity contribution in [3.63, 3.8) is 0 Å². The molecule has 0 heterocycles. The van der Waals surface area contributed by atoms with Crippen LogP contribution in [0.25, 0.3) is 0 Å². The number of rotatable bonds is 3. The molecule has 1 N–H and O–H groups in total. The van der Waals surface area contributed by atoms with Crippen LogP contribution >= 0.6 is 0 Å². The zero-order valence-corrected chi connectivity index (χ0v) is 10.4. The number of hydrogen-bond acceptors (Lipinski definition) is 2. The van der Waals surface area contributed by atoms with Gasteiger partial charge in [0.25, 0.3) is 0 Å². The van der Waals surface area contributed by atoms with Crippen LogP contribution in [0.4, 0.5) is 0 Å². The van der Waals surface area contributed by atoms with Gasteiger partial charge in [0.15, 0.2) is 0 Å². The Morgan fingerprint density at radius 3 is 2.27 bits per heavy atom. The number of aryl methyl sites for hydroxylation is 2. The minimum atomic E-state index is -3.14. The van der Waals surface area contributed by atoms with Crippen LogP contribution < -0.4 is 4.72 Å². The Morgan fingerprint density at radius 2 is 1.80 bits per heavy atom. The number of hydrogen-bond donors (Lipinski definition) is 1. The Bertz CT molecular complexity index is 452. The van der Waals surface area contributed by atoms with Crippen molar-refractivity contribution in [3.05, 3.63) is 34.9 Å². The number of benzene rings is 1. The average molecular weight is 227 g/mol. The summed E-state index contributed by atoms with van der Waals surface area (Å²) in [4.78, 5) is 0. The second-order valence-corrected chi connectivity index (χ2v) is 5.74. The van der Waals surface area contributed by atoms with Gasteiger partial charge in [-0.2, -0.15) is 0 Å². The van der Waals surface area contributed by atoms with Crippen molar-refractivity contribution in [2.75, 3.05) is 6.26 Å². The van der Waals surface area contributed by atoms with Crippen molar-refractivity contribution < 1.29 is 8.42 Å². The summed E-state index contributed by atoms with van der Waals surface area (Å²) in [7, 11) is -3.14. The maximum absolute atomic E-state index is 11.1. The highest BCUT2D eigenvalue weighted by Crippen LogP contribution is 2.17. The monoisotopic (exact) mass is 227 g/mol. The smallest absolute Gasteiger partial charge is 0.209 e. The summed E-state index contributed by atoms with van der Waals surface area (Å²) < 4.78 is 24.7. The van der Waals surface area contributed by atoms with Crippen LogP contribution in [0.15, 0.2) is 18.2 Å². The van der Waals surface area contributed by atoms with Gasteiger partial charge >= 0.3 is 0 Å². The maximum atomic E-state index is 11.1. The van der Waals surface area contributed by atoms with E-state index in [0.29, 0.717) is 0 Å². The molecule has 0 bridgehead atoms. The van der Waals surface area contributed by atoms with E-state index in [1.807, 2.05) is 39.0 Å². The molecule has 0 saturated carbocycles. The maximum Gasteiger partial charge on any atom is 0.209 e. The summed E-state index contributed by atoms with van der Waals surface area (Å²) in [5, 5.41) is 0. The van der Waals surface area contributed by atoms with Gasteiger partial charge in [-0.05, 0) is 37.5 Å². The Balaban J connectivity index is 2.92. The van der Waals surface area contributed by atoms with Crippen LogP contribution in [0.5, 0.6) is 0 Å². The fraction of sp³-hybridized carbons (Fsp3) is 0.455. The molecule has 0 radical (unpaired) electrons. The van der Waals surface area contributed by atoms with E-state index in [-0.39, 0.29) is 6.04 Å². The van der Waals surface area contributed by atoms with Crippen LogP contribution in [0, 0.1) is 13.8 Å². The van der Waals surface area contributed by atoms with Gasteiger partial charge in [0.2, 0.25) is 10.0 Å². The molecule has 0 fully saturated rings. The van der Waals surface area contributed by atoms with Gasteiger partial charge in [0, 0.05) is 6.04 Å². The molecule has 1 atom stereocenters. The first-order valence-electron chi connectivity index (χ1n) is 4.84. The predicted molar refractivity (Wildman–Crippen MR) is 62.3 cm³/mol. The second-order valence-electron chi connectivity index (χ2n) is 3.96. The molecule has 1 aromatic rings. The van der Waals surface area contributed by atoms with Crippen molar-refractivity contribution in [1.29, 1.82) is 0 Å². The van der Waals surface area contributed by atoms with E-state index in [0.717, 1.165) is 5.56 Å². The molecule has 0 aliphatic rings. The predicted octanol–water partition coefficient (Wildman–Crippen LogP) is 1.91. The molecule has 0 saturated heterocycles. The van der Waals surface area contributed by atoms with Crippen LogP contribution in [-0.2, 0) is 10.0 Å². The Hall–Kier alpha value is -0.870. The first kappa shape index (κ1) is 12.2. The van der Waals surface area contributed by atoms with Crippen LogP contribution in [0.1, 0.15) is 29.7 Å². The Morgan fingerprint density at radius 1 is 1.20 bits per heavy atom. The standard InChI is InChI=1S/C11H17NO2S/c1-8-5-6-11(7-9(8)2)10(3)12-15(4,13)14/h5-7,10,12H,1-4H3/t10-/m1/s1. The van der Waals surface area contributed by atoms with E-state index in [1.165, 1.54) is 17.4 Å². The van der Waals surface area contributed by atoms with Gasteiger partial charge in [0.1, 0.15) is 0 Å². The normalized spacial score (nSPS) is 13.9. The van der Waals surface area contributed by atoms with Gasteiger partial charge in [-0.1, -0.05) is 18.2 Å². The summed E-state index contributed by atoms with van der Waals surface area (Å²) in [6, 6.07) is 5.79. The van der Waals surface area contributed by atoms with E-state index in [1.54, 1.807) is 0 Å². The molecule has 0 aromatic heterocycles. The lowest BCUT2D eigenvalue weighted by molar-refractivity contribution is 0.573. The van der Waals surface area contributed by atoms with Crippen molar-refractivity contribution >= 4 is 10.0 Å². The van der Waals surface area contributed by atoms with Crippen molar-refractivity contribution in [2.45, 2.75) is 26.8 Å². The van der Waals surface area contributed by atoms with Crippen molar-refractivity contribution in [3.8, 4) is 0 Å². The third kappa shape index (κ3) is 3.64. The van der Waals surface area contributed by atoms with E-state index < -0.39 is 10.0 Å². The van der Waals surface area contributed by atoms with Crippen molar-refractivity contribution in [1.82, 2.24) is 4.72 Å². The first-order chi connectivity index (χ1) is 6.79. The minimum absolute atomic E-state index is 0.181. The molecule has 0 unspecified atom stereocenters. The second kappa shape index (κ2) is 4.33. The van der Waals surface area contributed by atoms with Crippen molar-refractivity contribution in [2.24, 2.45) is 0 Å². The molecule has 4 heteroatoms. The first-order valence-corrected chi connectivity index (χ1v) is 6.73. The summed E-state index contributed by atoms with van der Waals surface area (Å²) in [5.41, 5.74) is 3.38. The Labute approximate surface area is 91.6 Å². The molecule has 0 aliphatic carbocycles. The number of sulfonamides is 1. The molecule has 0 amide bonds. The quantitative estimate of drug-likeness (QED) is 0.857. The largest absolute Gasteiger partial charge is 0.213 e.